The van der Waals surface area contributed by atoms with Crippen molar-refractivity contribution in [2.45, 2.75) is 19.3 Å². The maximum atomic E-state index is 11.8. The maximum Gasteiger partial charge on any atom is 0.167 e. The van der Waals surface area contributed by atoms with Crippen LogP contribution in [-0.4, -0.2) is 17.6 Å². The van der Waals surface area contributed by atoms with Gasteiger partial charge in [-0.1, -0.05) is 34.1 Å². The quantitative estimate of drug-likeness (QED) is 0.771. The van der Waals surface area contributed by atoms with Crippen LogP contribution in [0.3, 0.4) is 0 Å². The van der Waals surface area contributed by atoms with E-state index in [4.69, 9.17) is 5.73 Å². The SMILES string of the molecule is NCc1ccc(N2C=CN(c3cccc(Br)c3CO)C2C=O)cc1. The van der Waals surface area contributed by atoms with Gasteiger partial charge in [0.15, 0.2) is 12.5 Å². The molecule has 0 bridgehead atoms. The van der Waals surface area contributed by atoms with Crippen molar-refractivity contribution in [3.05, 3.63) is 70.5 Å². The van der Waals surface area contributed by atoms with Gasteiger partial charge in [-0.3, -0.25) is 4.79 Å². The third-order valence-electron chi connectivity index (χ3n) is 4.08. The summed E-state index contributed by atoms with van der Waals surface area (Å²) in [5.74, 6) is 0. The molecule has 1 unspecified atom stereocenters. The lowest BCUT2D eigenvalue weighted by Gasteiger charge is -2.30. The molecule has 5 nitrogen and oxygen atoms in total. The van der Waals surface area contributed by atoms with Gasteiger partial charge < -0.3 is 20.6 Å². The summed E-state index contributed by atoms with van der Waals surface area (Å²) in [4.78, 5) is 15.5. The van der Waals surface area contributed by atoms with Crippen LogP contribution in [0.1, 0.15) is 11.1 Å². The number of aliphatic hydroxyl groups excluding tert-OH is 1. The van der Waals surface area contributed by atoms with Crippen LogP contribution in [0, 0.1) is 0 Å². The number of carbonyl (C=O) groups excluding carboxylic acids is 1. The van der Waals surface area contributed by atoms with E-state index in [-0.39, 0.29) is 6.61 Å². The molecule has 0 fully saturated rings. The van der Waals surface area contributed by atoms with Crippen LogP contribution in [0.2, 0.25) is 0 Å². The van der Waals surface area contributed by atoms with Crippen LogP contribution < -0.4 is 15.5 Å². The molecule has 0 aliphatic carbocycles. The predicted molar refractivity (Wildman–Crippen MR) is 98.3 cm³/mol. The second kappa shape index (κ2) is 7.17. The van der Waals surface area contributed by atoms with Gasteiger partial charge in [-0.25, -0.2) is 0 Å². The van der Waals surface area contributed by atoms with E-state index >= 15 is 0 Å². The average Bonchev–Trinajstić information content (AvgIpc) is 3.05. The first-order valence-corrected chi connectivity index (χ1v) is 8.36. The first-order valence-electron chi connectivity index (χ1n) is 7.57. The lowest BCUT2D eigenvalue weighted by atomic mass is 10.1. The molecule has 0 saturated heterocycles. The minimum absolute atomic E-state index is 0.113. The monoisotopic (exact) mass is 387 g/mol. The Hall–Kier alpha value is -2.15. The van der Waals surface area contributed by atoms with Gasteiger partial charge in [0, 0.05) is 40.4 Å². The summed E-state index contributed by atoms with van der Waals surface area (Å²) >= 11 is 3.45. The van der Waals surface area contributed by atoms with Gasteiger partial charge in [-0.15, -0.1) is 0 Å². The third-order valence-corrected chi connectivity index (χ3v) is 4.82. The van der Waals surface area contributed by atoms with E-state index in [1.807, 2.05) is 64.7 Å². The highest BCUT2D eigenvalue weighted by molar-refractivity contribution is 9.10. The zero-order valence-corrected chi connectivity index (χ0v) is 14.6. The Labute approximate surface area is 149 Å². The fraction of sp³-hybridized carbons (Fsp3) is 0.167. The summed E-state index contributed by atoms with van der Waals surface area (Å²) in [6, 6.07) is 13.4. The lowest BCUT2D eigenvalue weighted by molar-refractivity contribution is -0.108. The van der Waals surface area contributed by atoms with E-state index in [0.29, 0.717) is 6.54 Å². The molecular weight excluding hydrogens is 370 g/mol. The summed E-state index contributed by atoms with van der Waals surface area (Å²) in [7, 11) is 0. The summed E-state index contributed by atoms with van der Waals surface area (Å²) in [5, 5.41) is 9.66. The molecule has 3 N–H and O–H groups in total. The highest BCUT2D eigenvalue weighted by atomic mass is 79.9. The van der Waals surface area contributed by atoms with Crippen molar-refractivity contribution in [3.63, 3.8) is 0 Å². The van der Waals surface area contributed by atoms with Crippen LogP contribution in [-0.2, 0) is 17.9 Å². The largest absolute Gasteiger partial charge is 0.392 e. The van der Waals surface area contributed by atoms with E-state index in [1.165, 1.54) is 0 Å². The molecule has 124 valence electrons. The number of hydrogen-bond donors (Lipinski definition) is 2. The topological polar surface area (TPSA) is 69.8 Å². The molecule has 1 heterocycles. The second-order valence-corrected chi connectivity index (χ2v) is 6.28. The maximum absolute atomic E-state index is 11.8. The van der Waals surface area contributed by atoms with Crippen LogP contribution in [0.15, 0.2) is 59.3 Å². The molecule has 0 aromatic heterocycles. The van der Waals surface area contributed by atoms with Crippen LogP contribution in [0.25, 0.3) is 0 Å². The molecule has 2 aromatic carbocycles. The van der Waals surface area contributed by atoms with Gasteiger partial charge in [0.05, 0.1) is 6.61 Å². The van der Waals surface area contributed by atoms with Gasteiger partial charge in [0.25, 0.3) is 0 Å². The van der Waals surface area contributed by atoms with Gasteiger partial charge in [0.1, 0.15) is 0 Å². The average molecular weight is 388 g/mol. The Kier molecular flexibility index (Phi) is 4.99. The van der Waals surface area contributed by atoms with E-state index in [2.05, 4.69) is 15.9 Å². The second-order valence-electron chi connectivity index (χ2n) is 5.43. The Morgan fingerprint density at radius 2 is 1.83 bits per heavy atom. The van der Waals surface area contributed by atoms with E-state index in [0.717, 1.165) is 33.3 Å². The number of carbonyl (C=O) groups is 1. The molecule has 24 heavy (non-hydrogen) atoms. The van der Waals surface area contributed by atoms with Crippen molar-refractivity contribution in [2.24, 2.45) is 5.73 Å². The van der Waals surface area contributed by atoms with E-state index in [1.54, 1.807) is 0 Å². The molecule has 3 rings (SSSR count). The van der Waals surface area contributed by atoms with Crippen molar-refractivity contribution < 1.29 is 9.90 Å². The number of nitrogens with two attached hydrogens (primary N) is 1. The number of nitrogens with zero attached hydrogens (tertiary/aromatic N) is 2. The molecular formula is C18H18BrN3O2. The number of anilines is 2. The highest BCUT2D eigenvalue weighted by Gasteiger charge is 2.29. The summed E-state index contributed by atoms with van der Waals surface area (Å²) in [6.45, 7) is 0.370. The lowest BCUT2D eigenvalue weighted by Crippen LogP contribution is -2.40. The van der Waals surface area contributed by atoms with Gasteiger partial charge in [-0.05, 0) is 29.8 Å². The normalized spacial score (nSPS) is 16.7. The molecule has 0 saturated carbocycles. The Bertz CT molecular complexity index is 761. The van der Waals surface area contributed by atoms with Gasteiger partial charge in [0.2, 0.25) is 0 Å². The highest BCUT2D eigenvalue weighted by Crippen LogP contribution is 2.33. The number of halogens is 1. The fourth-order valence-corrected chi connectivity index (χ4v) is 3.28. The first-order chi connectivity index (χ1) is 11.7. The molecule has 2 aromatic rings. The van der Waals surface area contributed by atoms with Crippen molar-refractivity contribution in [1.29, 1.82) is 0 Å². The number of hydrogen-bond acceptors (Lipinski definition) is 5. The standard InChI is InChI=1S/C18H18BrN3O2/c19-16-2-1-3-17(15(16)11-23)22-9-8-21(18(22)12-24)14-6-4-13(10-20)5-7-14/h1-9,12,18,23H,10-11,20H2. The third kappa shape index (κ3) is 2.96. The van der Waals surface area contributed by atoms with Crippen LogP contribution in [0.5, 0.6) is 0 Å². The van der Waals surface area contributed by atoms with Crippen molar-refractivity contribution in [2.75, 3.05) is 9.80 Å². The zero-order chi connectivity index (χ0) is 17.1. The molecule has 1 atom stereocenters. The van der Waals surface area contributed by atoms with Gasteiger partial charge >= 0.3 is 0 Å². The molecule has 0 radical (unpaired) electrons. The molecule has 0 spiro atoms. The Balaban J connectivity index is 1.94. The number of rotatable bonds is 5. The zero-order valence-electron chi connectivity index (χ0n) is 13.0. The Morgan fingerprint density at radius 3 is 2.46 bits per heavy atom. The van der Waals surface area contributed by atoms with Crippen molar-refractivity contribution in [1.82, 2.24) is 0 Å². The predicted octanol–water partition coefficient (Wildman–Crippen LogP) is 2.72. The number of aliphatic hydroxyl groups is 1. The van der Waals surface area contributed by atoms with Crippen molar-refractivity contribution in [3.8, 4) is 0 Å². The van der Waals surface area contributed by atoms with E-state index < -0.39 is 6.17 Å². The molecule has 0 amide bonds. The molecule has 1 aliphatic heterocycles. The van der Waals surface area contributed by atoms with E-state index in [9.17, 15) is 9.90 Å². The minimum Gasteiger partial charge on any atom is -0.392 e. The summed E-state index contributed by atoms with van der Waals surface area (Å²) in [5.41, 5.74) is 9.11. The fourth-order valence-electron chi connectivity index (χ4n) is 2.80. The molecule has 6 heteroatoms. The number of benzene rings is 2. The smallest absolute Gasteiger partial charge is 0.167 e. The van der Waals surface area contributed by atoms with Crippen LogP contribution >= 0.6 is 15.9 Å². The molecule has 1 aliphatic rings. The van der Waals surface area contributed by atoms with Gasteiger partial charge in [-0.2, -0.15) is 0 Å². The van der Waals surface area contributed by atoms with Crippen LogP contribution in [0.4, 0.5) is 11.4 Å². The van der Waals surface area contributed by atoms with Crippen molar-refractivity contribution >= 4 is 33.6 Å². The minimum atomic E-state index is -0.506. The number of aldehydes is 1. The Morgan fingerprint density at radius 1 is 1.12 bits per heavy atom. The summed E-state index contributed by atoms with van der Waals surface area (Å²) in [6.07, 6.45) is 4.09. The first kappa shape index (κ1) is 16.7. The summed E-state index contributed by atoms with van der Waals surface area (Å²) < 4.78 is 0.811.